The Morgan fingerprint density at radius 3 is 1.55 bits per heavy atom. The van der Waals surface area contributed by atoms with Gasteiger partial charge in [-0.15, -0.1) is 36.1 Å². The maximum Gasteiger partial charge on any atom is 0.260 e. The Morgan fingerprint density at radius 1 is 1.00 bits per heavy atom. The monoisotopic (exact) mass is 160 g/mol. The molecule has 1 heteroatoms. The molecule has 0 aromatic rings. The molecule has 0 radical (unpaired) electrons. The van der Waals surface area contributed by atoms with E-state index in [9.17, 15) is 0 Å². The molecule has 0 fully saturated rings. The molecule has 0 amide bonds. The minimum absolute atomic E-state index is 1.81. The third-order valence-corrected chi connectivity index (χ3v) is 3.92. The van der Waals surface area contributed by atoms with Crippen LogP contribution in [0.2, 0.25) is 0 Å². The Morgan fingerprint density at radius 2 is 1.36 bits per heavy atom. The summed E-state index contributed by atoms with van der Waals surface area (Å²) in [6.45, 7) is 11.1. The predicted molar refractivity (Wildman–Crippen MR) is 53.0 cm³/mol. The maximum absolute atomic E-state index is 3.73. The first-order chi connectivity index (χ1) is 5.24. The zero-order valence-corrected chi connectivity index (χ0v) is 8.07. The van der Waals surface area contributed by atoms with Crippen LogP contribution in [-0.4, -0.2) is 8.07 Å². The second-order valence-electron chi connectivity index (χ2n) is 2.03. The Hall–Kier alpha value is -1.18. The fourth-order valence-corrected chi connectivity index (χ4v) is 2.20. The first-order valence-corrected chi connectivity index (χ1v) is 5.55. The molecular formula is C10H12Si. The van der Waals surface area contributed by atoms with Crippen LogP contribution in [0.15, 0.2) is 24.6 Å². The predicted octanol–water partition coefficient (Wildman–Crippen LogP) is 2.01. The van der Waals surface area contributed by atoms with Crippen LogP contribution in [0.1, 0.15) is 13.8 Å². The van der Waals surface area contributed by atoms with Gasteiger partial charge < -0.3 is 0 Å². The van der Waals surface area contributed by atoms with E-state index < -0.39 is 8.07 Å². The van der Waals surface area contributed by atoms with Crippen LogP contribution in [-0.2, 0) is 0 Å². The van der Waals surface area contributed by atoms with Gasteiger partial charge in [0.25, 0.3) is 8.07 Å². The van der Waals surface area contributed by atoms with Crippen LogP contribution < -0.4 is 0 Å². The lowest BCUT2D eigenvalue weighted by atomic mass is 10.8. The molecule has 0 aliphatic carbocycles. The molecule has 0 aromatic heterocycles. The highest BCUT2D eigenvalue weighted by Gasteiger charge is 2.19. The lowest BCUT2D eigenvalue weighted by molar-refractivity contribution is 1.91. The summed E-state index contributed by atoms with van der Waals surface area (Å²) in [6.07, 6.45) is 0. The molecular weight excluding hydrogens is 148 g/mol. The van der Waals surface area contributed by atoms with Gasteiger partial charge in [0.15, 0.2) is 0 Å². The van der Waals surface area contributed by atoms with Gasteiger partial charge in [-0.05, 0) is 13.8 Å². The Kier molecular flexibility index (Phi) is 4.11. The summed E-state index contributed by atoms with van der Waals surface area (Å²) in [6, 6.07) is 0. The summed E-state index contributed by atoms with van der Waals surface area (Å²) in [5.41, 5.74) is 9.83. The van der Waals surface area contributed by atoms with Gasteiger partial charge in [-0.2, -0.15) is 0 Å². The van der Waals surface area contributed by atoms with Crippen molar-refractivity contribution >= 4 is 8.07 Å². The zero-order valence-electron chi connectivity index (χ0n) is 7.07. The van der Waals surface area contributed by atoms with Crippen molar-refractivity contribution in [2.24, 2.45) is 0 Å². The summed E-state index contributed by atoms with van der Waals surface area (Å²) < 4.78 is 0. The summed E-state index contributed by atoms with van der Waals surface area (Å²) in [4.78, 5) is 0. The molecule has 0 atom stereocenters. The molecule has 0 saturated carbocycles. The van der Waals surface area contributed by atoms with E-state index in [0.29, 0.717) is 0 Å². The van der Waals surface area contributed by atoms with E-state index in [1.807, 2.05) is 25.2 Å². The third kappa shape index (κ3) is 2.49. The number of hydrogen-bond donors (Lipinski definition) is 0. The molecule has 0 spiro atoms. The van der Waals surface area contributed by atoms with Gasteiger partial charge in [0, 0.05) is 0 Å². The van der Waals surface area contributed by atoms with E-state index in [-0.39, 0.29) is 0 Å². The quantitative estimate of drug-likeness (QED) is 0.428. The molecule has 56 valence electrons. The van der Waals surface area contributed by atoms with Crippen LogP contribution in [0.3, 0.4) is 0 Å². The van der Waals surface area contributed by atoms with Crippen molar-refractivity contribution in [3.63, 3.8) is 0 Å². The van der Waals surface area contributed by atoms with Gasteiger partial charge in [0.2, 0.25) is 0 Å². The second-order valence-corrected chi connectivity index (χ2v) is 5.08. The standard InChI is InChI=1S/C10H12Si/c1-5-9-11(7-3,8-4)10-6-2/h7-8H,3-4H2,1-2H3. The fourth-order valence-electron chi connectivity index (χ4n) is 0.732. The molecule has 0 unspecified atom stereocenters. The fraction of sp³-hybridized carbons (Fsp3) is 0.200. The van der Waals surface area contributed by atoms with Gasteiger partial charge >= 0.3 is 0 Å². The summed E-state index contributed by atoms with van der Waals surface area (Å²) in [7, 11) is -1.94. The van der Waals surface area contributed by atoms with Gasteiger partial charge in [-0.1, -0.05) is 11.4 Å². The average Bonchev–Trinajstić information content (AvgIpc) is 2.04. The van der Waals surface area contributed by atoms with Gasteiger partial charge in [-0.25, -0.2) is 0 Å². The third-order valence-electron chi connectivity index (χ3n) is 1.31. The van der Waals surface area contributed by atoms with E-state index in [4.69, 9.17) is 0 Å². The van der Waals surface area contributed by atoms with Crippen LogP contribution in [0.25, 0.3) is 0 Å². The molecule has 0 N–H and O–H groups in total. The molecule has 0 aliphatic heterocycles. The van der Waals surface area contributed by atoms with Gasteiger partial charge in [0.05, 0.1) is 0 Å². The Bertz CT molecular complexity index is 235. The molecule has 0 rings (SSSR count). The molecule has 0 heterocycles. The van der Waals surface area contributed by atoms with Crippen LogP contribution in [0.4, 0.5) is 0 Å². The van der Waals surface area contributed by atoms with Crippen molar-refractivity contribution in [1.82, 2.24) is 0 Å². The van der Waals surface area contributed by atoms with E-state index in [0.717, 1.165) is 0 Å². The first kappa shape index (κ1) is 9.82. The first-order valence-electron chi connectivity index (χ1n) is 3.39. The van der Waals surface area contributed by atoms with Crippen LogP contribution in [0.5, 0.6) is 0 Å². The van der Waals surface area contributed by atoms with E-state index in [1.54, 1.807) is 0 Å². The van der Waals surface area contributed by atoms with Crippen molar-refractivity contribution in [2.75, 3.05) is 0 Å². The average molecular weight is 160 g/mol. The van der Waals surface area contributed by atoms with Crippen LogP contribution >= 0.6 is 0 Å². The minimum atomic E-state index is -1.94. The smallest absolute Gasteiger partial charge is 0.112 e. The molecule has 0 aromatic carbocycles. The van der Waals surface area contributed by atoms with Crippen molar-refractivity contribution in [2.45, 2.75) is 13.8 Å². The molecule has 11 heavy (non-hydrogen) atoms. The van der Waals surface area contributed by atoms with Gasteiger partial charge in [0.1, 0.15) is 0 Å². The van der Waals surface area contributed by atoms with E-state index in [2.05, 4.69) is 36.1 Å². The molecule has 0 nitrogen and oxygen atoms in total. The number of hydrogen-bond acceptors (Lipinski definition) is 0. The van der Waals surface area contributed by atoms with Crippen molar-refractivity contribution in [3.05, 3.63) is 24.6 Å². The largest absolute Gasteiger partial charge is 0.260 e. The maximum atomic E-state index is 3.73. The van der Waals surface area contributed by atoms with Crippen molar-refractivity contribution in [1.29, 1.82) is 0 Å². The minimum Gasteiger partial charge on any atom is -0.112 e. The van der Waals surface area contributed by atoms with E-state index >= 15 is 0 Å². The molecule has 0 bridgehead atoms. The van der Waals surface area contributed by atoms with Gasteiger partial charge in [-0.3, -0.25) is 0 Å². The second kappa shape index (κ2) is 4.60. The Balaban J connectivity index is 4.95. The highest BCUT2D eigenvalue weighted by Crippen LogP contribution is 2.01. The lowest BCUT2D eigenvalue weighted by Gasteiger charge is -2.06. The van der Waals surface area contributed by atoms with Crippen molar-refractivity contribution < 1.29 is 0 Å². The Labute approximate surface area is 70.0 Å². The summed E-state index contributed by atoms with van der Waals surface area (Å²) in [5.74, 6) is 5.72. The van der Waals surface area contributed by atoms with E-state index in [1.165, 1.54) is 0 Å². The SMILES string of the molecule is C=C[Si](C#CC)(C#CC)C=C. The van der Waals surface area contributed by atoms with Crippen LogP contribution in [0, 0.1) is 22.9 Å². The highest BCUT2D eigenvalue weighted by atomic mass is 28.3. The zero-order chi connectivity index (χ0) is 8.74. The highest BCUT2D eigenvalue weighted by molar-refractivity contribution is 7.02. The summed E-state index contributed by atoms with van der Waals surface area (Å²) >= 11 is 0. The number of rotatable bonds is 2. The topological polar surface area (TPSA) is 0 Å². The van der Waals surface area contributed by atoms with Crippen molar-refractivity contribution in [3.8, 4) is 22.9 Å². The molecule has 0 saturated heterocycles. The summed E-state index contributed by atoms with van der Waals surface area (Å²) in [5, 5.41) is 0. The normalized spacial score (nSPS) is 8.18. The molecule has 0 aliphatic rings. The lowest BCUT2D eigenvalue weighted by Crippen LogP contribution is -2.25.